The Hall–Kier alpha value is -1.10. The van der Waals surface area contributed by atoms with Gasteiger partial charge in [0.15, 0.2) is 0 Å². The molecule has 1 aliphatic carbocycles. The smallest absolute Gasteiger partial charge is 0.334 e. The summed E-state index contributed by atoms with van der Waals surface area (Å²) in [4.78, 5) is 20.4. The van der Waals surface area contributed by atoms with Gasteiger partial charge in [-0.15, -0.1) is 0 Å². The standard InChI is InChI=1S/C13H24O3.C2H4O2/c1-8(2)11-6-5-9(3)7-12(11)16-13(15)10(4)14;1-2(3)4/h8-12,14H,5-7H2,1-4H3;1H3,(H,3,4). The lowest BCUT2D eigenvalue weighted by molar-refractivity contribution is -0.164. The molecule has 0 radical (unpaired) electrons. The zero-order valence-corrected chi connectivity index (χ0v) is 13.1. The van der Waals surface area contributed by atoms with E-state index in [9.17, 15) is 4.79 Å². The maximum atomic E-state index is 11.4. The summed E-state index contributed by atoms with van der Waals surface area (Å²) in [6, 6.07) is 0. The van der Waals surface area contributed by atoms with Gasteiger partial charge in [-0.2, -0.15) is 0 Å². The van der Waals surface area contributed by atoms with Gasteiger partial charge in [0.1, 0.15) is 12.2 Å². The van der Waals surface area contributed by atoms with Crippen LogP contribution in [0.3, 0.4) is 0 Å². The molecule has 0 bridgehead atoms. The lowest BCUT2D eigenvalue weighted by atomic mass is 9.75. The maximum Gasteiger partial charge on any atom is 0.334 e. The fourth-order valence-electron chi connectivity index (χ4n) is 2.50. The number of aliphatic hydroxyl groups excluding tert-OH is 1. The minimum absolute atomic E-state index is 0.00847. The molecule has 1 rings (SSSR count). The molecule has 118 valence electrons. The van der Waals surface area contributed by atoms with Crippen LogP contribution in [0.25, 0.3) is 0 Å². The largest absolute Gasteiger partial charge is 0.481 e. The second-order valence-electron chi connectivity index (χ2n) is 6.00. The molecule has 0 spiro atoms. The van der Waals surface area contributed by atoms with Crippen LogP contribution in [0.2, 0.25) is 0 Å². The Bertz CT molecular complexity index is 307. The fraction of sp³-hybridized carbons (Fsp3) is 0.867. The molecule has 4 atom stereocenters. The van der Waals surface area contributed by atoms with E-state index in [4.69, 9.17) is 19.7 Å². The zero-order chi connectivity index (χ0) is 15.9. The Morgan fingerprint density at radius 3 is 2.10 bits per heavy atom. The van der Waals surface area contributed by atoms with Crippen LogP contribution in [0.15, 0.2) is 0 Å². The van der Waals surface area contributed by atoms with E-state index in [1.807, 2.05) is 0 Å². The van der Waals surface area contributed by atoms with Crippen LogP contribution in [-0.2, 0) is 14.3 Å². The van der Waals surface area contributed by atoms with E-state index >= 15 is 0 Å². The van der Waals surface area contributed by atoms with E-state index in [1.165, 1.54) is 13.3 Å². The molecule has 0 aromatic heterocycles. The summed E-state index contributed by atoms with van der Waals surface area (Å²) in [6.45, 7) is 9.08. The van der Waals surface area contributed by atoms with Crippen molar-refractivity contribution in [3.63, 3.8) is 0 Å². The van der Waals surface area contributed by atoms with Crippen molar-refractivity contribution < 1.29 is 24.5 Å². The number of aliphatic carboxylic acids is 1. The first-order chi connectivity index (χ1) is 9.15. The number of carbonyl (C=O) groups is 2. The van der Waals surface area contributed by atoms with Gasteiger partial charge in [0.05, 0.1) is 0 Å². The van der Waals surface area contributed by atoms with Gasteiger partial charge in [-0.25, -0.2) is 4.79 Å². The number of esters is 1. The van der Waals surface area contributed by atoms with Crippen LogP contribution in [0.4, 0.5) is 0 Å². The predicted octanol–water partition coefficient (Wildman–Crippen LogP) is 2.46. The van der Waals surface area contributed by atoms with E-state index in [0.29, 0.717) is 17.8 Å². The van der Waals surface area contributed by atoms with Crippen molar-refractivity contribution >= 4 is 11.9 Å². The van der Waals surface area contributed by atoms with Crippen molar-refractivity contribution in [3.05, 3.63) is 0 Å². The molecule has 4 unspecified atom stereocenters. The van der Waals surface area contributed by atoms with E-state index in [1.54, 1.807) is 0 Å². The number of rotatable bonds is 3. The number of carbonyl (C=O) groups excluding carboxylic acids is 1. The first-order valence-electron chi connectivity index (χ1n) is 7.23. The molecule has 1 fully saturated rings. The van der Waals surface area contributed by atoms with Crippen molar-refractivity contribution in [1.82, 2.24) is 0 Å². The average Bonchev–Trinajstić information content (AvgIpc) is 2.27. The van der Waals surface area contributed by atoms with Crippen LogP contribution < -0.4 is 0 Å². The highest BCUT2D eigenvalue weighted by Crippen LogP contribution is 2.35. The van der Waals surface area contributed by atoms with Gasteiger partial charge < -0.3 is 14.9 Å². The van der Waals surface area contributed by atoms with Gasteiger partial charge in [-0.05, 0) is 37.5 Å². The monoisotopic (exact) mass is 288 g/mol. The first-order valence-corrected chi connectivity index (χ1v) is 7.23. The Labute approximate surface area is 121 Å². The number of hydrogen-bond acceptors (Lipinski definition) is 4. The number of carboxylic acid groups (broad SMARTS) is 1. The second-order valence-corrected chi connectivity index (χ2v) is 6.00. The third-order valence-corrected chi connectivity index (χ3v) is 3.57. The maximum absolute atomic E-state index is 11.4. The Balaban J connectivity index is 0.000000796. The molecule has 0 amide bonds. The van der Waals surface area contributed by atoms with Crippen molar-refractivity contribution in [2.45, 2.75) is 66.1 Å². The molecule has 2 N–H and O–H groups in total. The third kappa shape index (κ3) is 7.48. The average molecular weight is 288 g/mol. The zero-order valence-electron chi connectivity index (χ0n) is 13.1. The highest BCUT2D eigenvalue weighted by molar-refractivity contribution is 5.74. The third-order valence-electron chi connectivity index (χ3n) is 3.57. The van der Waals surface area contributed by atoms with Gasteiger partial charge in [-0.3, -0.25) is 4.79 Å². The molecule has 0 aromatic rings. The summed E-state index contributed by atoms with van der Waals surface area (Å²) >= 11 is 0. The predicted molar refractivity (Wildman–Crippen MR) is 76.2 cm³/mol. The summed E-state index contributed by atoms with van der Waals surface area (Å²) in [6.07, 6.45) is 2.25. The molecular weight excluding hydrogens is 260 g/mol. The van der Waals surface area contributed by atoms with Gasteiger partial charge >= 0.3 is 5.97 Å². The molecule has 0 saturated heterocycles. The number of aliphatic hydroxyl groups is 1. The Morgan fingerprint density at radius 1 is 1.20 bits per heavy atom. The van der Waals surface area contributed by atoms with Crippen LogP contribution in [0, 0.1) is 17.8 Å². The minimum atomic E-state index is -1.01. The van der Waals surface area contributed by atoms with Crippen LogP contribution >= 0.6 is 0 Å². The van der Waals surface area contributed by atoms with Gasteiger partial charge in [-0.1, -0.05) is 27.2 Å². The molecule has 5 nitrogen and oxygen atoms in total. The van der Waals surface area contributed by atoms with Gasteiger partial charge in [0.25, 0.3) is 5.97 Å². The summed E-state index contributed by atoms with van der Waals surface area (Å²) in [5.74, 6) is 0.268. The normalized spacial score (nSPS) is 27.2. The summed E-state index contributed by atoms with van der Waals surface area (Å²) < 4.78 is 5.41. The van der Waals surface area contributed by atoms with Crippen molar-refractivity contribution in [2.75, 3.05) is 0 Å². The number of carboxylic acids is 1. The summed E-state index contributed by atoms with van der Waals surface area (Å²) in [5, 5.41) is 16.6. The van der Waals surface area contributed by atoms with E-state index in [0.717, 1.165) is 19.8 Å². The van der Waals surface area contributed by atoms with E-state index in [-0.39, 0.29) is 6.10 Å². The van der Waals surface area contributed by atoms with Crippen LogP contribution in [0.1, 0.15) is 53.9 Å². The molecule has 1 aliphatic rings. The first kappa shape index (κ1) is 18.9. The number of hydrogen-bond donors (Lipinski definition) is 2. The summed E-state index contributed by atoms with van der Waals surface area (Å²) in [5.41, 5.74) is 0. The minimum Gasteiger partial charge on any atom is -0.481 e. The SMILES string of the molecule is CC(=O)O.CC1CCC(C(C)C)C(OC(=O)C(C)O)C1. The van der Waals surface area contributed by atoms with E-state index in [2.05, 4.69) is 20.8 Å². The fourth-order valence-corrected chi connectivity index (χ4v) is 2.50. The number of ether oxygens (including phenoxy) is 1. The molecule has 0 heterocycles. The quantitative estimate of drug-likeness (QED) is 0.779. The van der Waals surface area contributed by atoms with Gasteiger partial charge in [0, 0.05) is 6.92 Å². The van der Waals surface area contributed by atoms with Crippen molar-refractivity contribution in [2.24, 2.45) is 17.8 Å². The van der Waals surface area contributed by atoms with Crippen molar-refractivity contribution in [3.8, 4) is 0 Å². The lowest BCUT2D eigenvalue weighted by Gasteiger charge is -2.36. The topological polar surface area (TPSA) is 83.8 Å². The van der Waals surface area contributed by atoms with Crippen molar-refractivity contribution in [1.29, 1.82) is 0 Å². The van der Waals surface area contributed by atoms with Gasteiger partial charge in [0.2, 0.25) is 0 Å². The second kappa shape index (κ2) is 8.95. The molecule has 1 saturated carbocycles. The molecule has 0 aromatic carbocycles. The molecule has 20 heavy (non-hydrogen) atoms. The molecule has 5 heteroatoms. The lowest BCUT2D eigenvalue weighted by Crippen LogP contribution is -2.37. The Kier molecular flexibility index (Phi) is 8.46. The molecule has 0 aliphatic heterocycles. The Morgan fingerprint density at radius 2 is 1.70 bits per heavy atom. The summed E-state index contributed by atoms with van der Waals surface area (Å²) in [7, 11) is 0. The molecular formula is C15H28O5. The van der Waals surface area contributed by atoms with Crippen LogP contribution in [0.5, 0.6) is 0 Å². The van der Waals surface area contributed by atoms with Crippen LogP contribution in [-0.4, -0.2) is 34.4 Å². The van der Waals surface area contributed by atoms with E-state index < -0.39 is 18.0 Å². The highest BCUT2D eigenvalue weighted by Gasteiger charge is 2.33. The highest BCUT2D eigenvalue weighted by atomic mass is 16.6.